The Kier molecular flexibility index (Phi) is 5.94. The average molecular weight is 382 g/mol. The van der Waals surface area contributed by atoms with Crippen LogP contribution in [0.3, 0.4) is 0 Å². The predicted octanol–water partition coefficient (Wildman–Crippen LogP) is 4.73. The van der Waals surface area contributed by atoms with E-state index >= 15 is 0 Å². The van der Waals surface area contributed by atoms with E-state index in [1.165, 1.54) is 6.20 Å². The summed E-state index contributed by atoms with van der Waals surface area (Å²) >= 11 is 6.13. The minimum atomic E-state index is -0.220. The summed E-state index contributed by atoms with van der Waals surface area (Å²) in [5.41, 5.74) is 3.93. The van der Waals surface area contributed by atoms with Crippen LogP contribution in [0, 0.1) is 6.92 Å². The van der Waals surface area contributed by atoms with Gasteiger partial charge in [0.15, 0.2) is 0 Å². The van der Waals surface area contributed by atoms with Gasteiger partial charge in [-0.05, 0) is 42.3 Å². The van der Waals surface area contributed by atoms with Gasteiger partial charge in [0.05, 0.1) is 30.2 Å². The van der Waals surface area contributed by atoms with E-state index in [0.29, 0.717) is 28.6 Å². The van der Waals surface area contributed by atoms with Crippen LogP contribution in [0.1, 0.15) is 21.5 Å². The molecule has 1 heterocycles. The van der Waals surface area contributed by atoms with E-state index in [4.69, 9.17) is 16.3 Å². The first kappa shape index (κ1) is 18.7. The highest BCUT2D eigenvalue weighted by Gasteiger charge is 2.10. The number of nitrogens with one attached hydrogen (secondary N) is 2. The molecule has 0 bridgehead atoms. The van der Waals surface area contributed by atoms with Gasteiger partial charge in [0.1, 0.15) is 5.75 Å². The van der Waals surface area contributed by atoms with Gasteiger partial charge in [0, 0.05) is 17.8 Å². The molecule has 0 radical (unpaired) electrons. The second-order valence-corrected chi connectivity index (χ2v) is 6.47. The molecule has 2 N–H and O–H groups in total. The van der Waals surface area contributed by atoms with Gasteiger partial charge in [-0.2, -0.15) is 0 Å². The second-order valence-electron chi connectivity index (χ2n) is 6.07. The van der Waals surface area contributed by atoms with Crippen molar-refractivity contribution in [2.24, 2.45) is 0 Å². The summed E-state index contributed by atoms with van der Waals surface area (Å²) in [7, 11) is 1.62. The summed E-state index contributed by atoms with van der Waals surface area (Å²) in [5.74, 6) is 0.497. The number of carbonyl (C=O) groups excluding carboxylic acids is 1. The molecule has 0 unspecified atom stereocenters. The maximum absolute atomic E-state index is 12.5. The minimum absolute atomic E-state index is 0.220. The van der Waals surface area contributed by atoms with Gasteiger partial charge in [-0.3, -0.25) is 9.78 Å². The maximum atomic E-state index is 12.5. The normalized spacial score (nSPS) is 10.3. The molecular weight excluding hydrogens is 362 g/mol. The van der Waals surface area contributed by atoms with E-state index in [0.717, 1.165) is 16.8 Å². The zero-order chi connectivity index (χ0) is 19.2. The fourth-order valence-corrected chi connectivity index (χ4v) is 2.83. The Labute approximate surface area is 163 Å². The van der Waals surface area contributed by atoms with Gasteiger partial charge in [-0.15, -0.1) is 0 Å². The number of rotatable bonds is 6. The zero-order valence-electron chi connectivity index (χ0n) is 15.1. The molecule has 0 saturated carbocycles. The second kappa shape index (κ2) is 8.56. The zero-order valence-corrected chi connectivity index (χ0v) is 15.9. The Balaban J connectivity index is 1.73. The Morgan fingerprint density at radius 1 is 1.15 bits per heavy atom. The first-order valence-corrected chi connectivity index (χ1v) is 8.83. The SMILES string of the molecule is COc1ccc(C)cc1Nc1cncc(C(=O)NCc2ccccc2Cl)c1. The smallest absolute Gasteiger partial charge is 0.253 e. The van der Waals surface area contributed by atoms with Gasteiger partial charge < -0.3 is 15.4 Å². The molecule has 0 aliphatic carbocycles. The van der Waals surface area contributed by atoms with Crippen LogP contribution in [0.5, 0.6) is 5.75 Å². The van der Waals surface area contributed by atoms with Crippen molar-refractivity contribution >= 4 is 28.9 Å². The van der Waals surface area contributed by atoms with Gasteiger partial charge in [0.25, 0.3) is 5.91 Å². The highest BCUT2D eigenvalue weighted by Crippen LogP contribution is 2.28. The van der Waals surface area contributed by atoms with Gasteiger partial charge in [-0.1, -0.05) is 35.9 Å². The first-order chi connectivity index (χ1) is 13.1. The number of aryl methyl sites for hydroxylation is 1. The molecule has 0 aliphatic heterocycles. The molecule has 1 amide bonds. The Bertz CT molecular complexity index is 960. The largest absolute Gasteiger partial charge is 0.495 e. The molecule has 0 fully saturated rings. The number of anilines is 2. The number of carbonyl (C=O) groups is 1. The molecule has 0 spiro atoms. The molecular formula is C21H20ClN3O2. The van der Waals surface area contributed by atoms with Crippen LogP contribution in [0.15, 0.2) is 60.9 Å². The molecule has 27 heavy (non-hydrogen) atoms. The molecule has 3 rings (SSSR count). The van der Waals surface area contributed by atoms with E-state index in [1.54, 1.807) is 25.4 Å². The molecule has 2 aromatic carbocycles. The monoisotopic (exact) mass is 381 g/mol. The lowest BCUT2D eigenvalue weighted by Gasteiger charge is -2.13. The molecule has 138 valence electrons. The molecule has 3 aromatic rings. The van der Waals surface area contributed by atoms with Crippen LogP contribution < -0.4 is 15.4 Å². The quantitative estimate of drug-likeness (QED) is 0.648. The van der Waals surface area contributed by atoms with Crippen LogP contribution in [0.25, 0.3) is 0 Å². The molecule has 0 saturated heterocycles. The lowest BCUT2D eigenvalue weighted by Crippen LogP contribution is -2.23. The number of benzene rings is 2. The number of pyridine rings is 1. The van der Waals surface area contributed by atoms with Crippen molar-refractivity contribution in [3.8, 4) is 5.75 Å². The Morgan fingerprint density at radius 3 is 2.74 bits per heavy atom. The van der Waals surface area contributed by atoms with Gasteiger partial charge in [0.2, 0.25) is 0 Å². The number of nitrogens with zero attached hydrogens (tertiary/aromatic N) is 1. The van der Waals surface area contributed by atoms with Crippen molar-refractivity contribution in [1.29, 1.82) is 0 Å². The van der Waals surface area contributed by atoms with Crippen LogP contribution in [0.4, 0.5) is 11.4 Å². The Morgan fingerprint density at radius 2 is 1.96 bits per heavy atom. The van der Waals surface area contributed by atoms with E-state index in [2.05, 4.69) is 15.6 Å². The molecule has 1 aromatic heterocycles. The third-order valence-corrected chi connectivity index (χ3v) is 4.40. The van der Waals surface area contributed by atoms with Crippen molar-refractivity contribution < 1.29 is 9.53 Å². The third-order valence-electron chi connectivity index (χ3n) is 4.03. The first-order valence-electron chi connectivity index (χ1n) is 8.45. The summed E-state index contributed by atoms with van der Waals surface area (Å²) < 4.78 is 5.37. The number of hydrogen-bond acceptors (Lipinski definition) is 4. The predicted molar refractivity (Wildman–Crippen MR) is 108 cm³/mol. The third kappa shape index (κ3) is 4.77. The van der Waals surface area contributed by atoms with E-state index in [1.807, 2.05) is 43.3 Å². The van der Waals surface area contributed by atoms with Crippen LogP contribution in [-0.4, -0.2) is 18.0 Å². The van der Waals surface area contributed by atoms with Crippen LogP contribution in [-0.2, 0) is 6.54 Å². The molecule has 6 heteroatoms. The number of ether oxygens (including phenoxy) is 1. The lowest BCUT2D eigenvalue weighted by atomic mass is 10.2. The maximum Gasteiger partial charge on any atom is 0.253 e. The van der Waals surface area contributed by atoms with Gasteiger partial charge in [-0.25, -0.2) is 0 Å². The van der Waals surface area contributed by atoms with Gasteiger partial charge >= 0.3 is 0 Å². The summed E-state index contributed by atoms with van der Waals surface area (Å²) in [6.45, 7) is 2.35. The molecule has 5 nitrogen and oxygen atoms in total. The summed E-state index contributed by atoms with van der Waals surface area (Å²) in [6, 6.07) is 15.0. The number of methoxy groups -OCH3 is 1. The number of amides is 1. The minimum Gasteiger partial charge on any atom is -0.495 e. The van der Waals surface area contributed by atoms with E-state index in [-0.39, 0.29) is 5.91 Å². The number of hydrogen-bond donors (Lipinski definition) is 2. The van der Waals surface area contributed by atoms with Crippen molar-refractivity contribution in [3.05, 3.63) is 82.6 Å². The lowest BCUT2D eigenvalue weighted by molar-refractivity contribution is 0.0950. The van der Waals surface area contributed by atoms with Crippen molar-refractivity contribution in [3.63, 3.8) is 0 Å². The number of aromatic nitrogens is 1. The highest BCUT2D eigenvalue weighted by atomic mass is 35.5. The molecule has 0 aliphatic rings. The number of halogens is 1. The van der Waals surface area contributed by atoms with Crippen LogP contribution in [0.2, 0.25) is 5.02 Å². The standard InChI is InChI=1S/C21H20ClN3O2/c1-14-7-8-20(27-2)19(9-14)25-17-10-16(11-23-13-17)21(26)24-12-15-5-3-4-6-18(15)22/h3-11,13,25H,12H2,1-2H3,(H,24,26). The summed E-state index contributed by atoms with van der Waals surface area (Å²) in [6.07, 6.45) is 3.19. The van der Waals surface area contributed by atoms with Crippen LogP contribution >= 0.6 is 11.6 Å². The van der Waals surface area contributed by atoms with E-state index < -0.39 is 0 Å². The summed E-state index contributed by atoms with van der Waals surface area (Å²) in [4.78, 5) is 16.6. The molecule has 0 atom stereocenters. The van der Waals surface area contributed by atoms with Crippen molar-refractivity contribution in [2.45, 2.75) is 13.5 Å². The highest BCUT2D eigenvalue weighted by molar-refractivity contribution is 6.31. The summed E-state index contributed by atoms with van der Waals surface area (Å²) in [5, 5.41) is 6.74. The fraction of sp³-hybridized carbons (Fsp3) is 0.143. The van der Waals surface area contributed by atoms with Crippen molar-refractivity contribution in [2.75, 3.05) is 12.4 Å². The Hall–Kier alpha value is -3.05. The topological polar surface area (TPSA) is 63.2 Å². The van der Waals surface area contributed by atoms with E-state index in [9.17, 15) is 4.79 Å². The average Bonchev–Trinajstić information content (AvgIpc) is 2.67. The van der Waals surface area contributed by atoms with Crippen molar-refractivity contribution in [1.82, 2.24) is 10.3 Å². The fourth-order valence-electron chi connectivity index (χ4n) is 2.63.